The average molecular weight is 379 g/mol. The minimum absolute atomic E-state index is 0.0729. The van der Waals surface area contributed by atoms with E-state index in [2.05, 4.69) is 31.3 Å². The van der Waals surface area contributed by atoms with E-state index >= 15 is 0 Å². The summed E-state index contributed by atoms with van der Waals surface area (Å²) in [6, 6.07) is 12.7. The number of carbonyl (C=O) groups excluding carboxylic acids is 1. The normalized spacial score (nSPS) is 11.6. The van der Waals surface area contributed by atoms with Crippen molar-refractivity contribution >= 4 is 35.3 Å². The maximum atomic E-state index is 11.9. The fourth-order valence-corrected chi connectivity index (χ4v) is 2.62. The Bertz CT molecular complexity index is 783. The van der Waals surface area contributed by atoms with Crippen molar-refractivity contribution in [3.05, 3.63) is 63.6 Å². The van der Waals surface area contributed by atoms with E-state index < -0.39 is 0 Å². The average Bonchev–Trinajstić information content (AvgIpc) is 2.54. The standard InChI is InChI=1S/C19H20Cl2N2O2/c1-19(2,3)15-6-4-5-7-17(15)25-12-18(24)23-22-11-13-8-9-14(20)10-16(13)21/h4-11H,12H2,1-3H3,(H,23,24)/b22-11+. The number of nitrogens with one attached hydrogen (secondary N) is 1. The smallest absolute Gasteiger partial charge is 0.277 e. The predicted octanol–water partition coefficient (Wildman–Crippen LogP) is 4.82. The van der Waals surface area contributed by atoms with Crippen LogP contribution in [0.4, 0.5) is 0 Å². The van der Waals surface area contributed by atoms with Gasteiger partial charge in [-0.05, 0) is 29.2 Å². The second-order valence-corrected chi connectivity index (χ2v) is 7.34. The minimum Gasteiger partial charge on any atom is -0.483 e. The lowest BCUT2D eigenvalue weighted by Crippen LogP contribution is -2.25. The van der Waals surface area contributed by atoms with Gasteiger partial charge in [0.25, 0.3) is 5.91 Å². The van der Waals surface area contributed by atoms with Gasteiger partial charge in [-0.25, -0.2) is 5.43 Å². The van der Waals surface area contributed by atoms with E-state index in [4.69, 9.17) is 27.9 Å². The molecule has 0 bridgehead atoms. The highest BCUT2D eigenvalue weighted by atomic mass is 35.5. The summed E-state index contributed by atoms with van der Waals surface area (Å²) >= 11 is 11.9. The van der Waals surface area contributed by atoms with Crippen molar-refractivity contribution in [3.63, 3.8) is 0 Å². The second-order valence-electron chi connectivity index (χ2n) is 6.49. The van der Waals surface area contributed by atoms with Crippen LogP contribution in [0.25, 0.3) is 0 Å². The number of hydrogen-bond acceptors (Lipinski definition) is 3. The van der Waals surface area contributed by atoms with E-state index in [9.17, 15) is 4.79 Å². The van der Waals surface area contributed by atoms with Crippen LogP contribution in [-0.2, 0) is 10.2 Å². The molecular weight excluding hydrogens is 359 g/mol. The van der Waals surface area contributed by atoms with E-state index in [1.807, 2.05) is 24.3 Å². The second kappa shape index (κ2) is 8.37. The van der Waals surface area contributed by atoms with Gasteiger partial charge in [0, 0.05) is 10.6 Å². The van der Waals surface area contributed by atoms with Crippen LogP contribution in [0, 0.1) is 0 Å². The highest BCUT2D eigenvalue weighted by Gasteiger charge is 2.18. The summed E-state index contributed by atoms with van der Waals surface area (Å²) in [5.41, 5.74) is 4.04. The van der Waals surface area contributed by atoms with Crippen LogP contribution in [0.15, 0.2) is 47.6 Å². The van der Waals surface area contributed by atoms with Crippen molar-refractivity contribution < 1.29 is 9.53 Å². The third-order valence-electron chi connectivity index (χ3n) is 3.41. The molecular formula is C19H20Cl2N2O2. The van der Waals surface area contributed by atoms with Gasteiger partial charge < -0.3 is 4.74 Å². The maximum absolute atomic E-state index is 11.9. The minimum atomic E-state index is -0.356. The number of hydrogen-bond donors (Lipinski definition) is 1. The van der Waals surface area contributed by atoms with Gasteiger partial charge in [0.05, 0.1) is 11.2 Å². The van der Waals surface area contributed by atoms with E-state index in [0.717, 1.165) is 5.56 Å². The largest absolute Gasteiger partial charge is 0.483 e. The number of carbonyl (C=O) groups is 1. The molecule has 2 rings (SSSR count). The third-order valence-corrected chi connectivity index (χ3v) is 3.97. The van der Waals surface area contributed by atoms with Crippen LogP contribution in [0.1, 0.15) is 31.9 Å². The highest BCUT2D eigenvalue weighted by molar-refractivity contribution is 6.36. The van der Waals surface area contributed by atoms with Crippen LogP contribution in [0.3, 0.4) is 0 Å². The predicted molar refractivity (Wildman–Crippen MR) is 103 cm³/mol. The van der Waals surface area contributed by atoms with Crippen molar-refractivity contribution in [1.29, 1.82) is 0 Å². The van der Waals surface area contributed by atoms with Crippen LogP contribution in [0.2, 0.25) is 10.0 Å². The van der Waals surface area contributed by atoms with Gasteiger partial charge in [-0.2, -0.15) is 5.10 Å². The van der Waals surface area contributed by atoms with E-state index in [0.29, 0.717) is 21.4 Å². The molecule has 0 aromatic heterocycles. The molecule has 0 saturated heterocycles. The SMILES string of the molecule is CC(C)(C)c1ccccc1OCC(=O)N/N=C/c1ccc(Cl)cc1Cl. The number of rotatable bonds is 5. The first-order valence-electron chi connectivity index (χ1n) is 7.76. The van der Waals surface area contributed by atoms with Crippen LogP contribution in [-0.4, -0.2) is 18.7 Å². The molecule has 2 aromatic carbocycles. The first kappa shape index (κ1) is 19.3. The Kier molecular flexibility index (Phi) is 6.45. The molecule has 0 saturated carbocycles. The molecule has 4 nitrogen and oxygen atoms in total. The Labute approximate surface area is 157 Å². The zero-order chi connectivity index (χ0) is 18.4. The molecule has 0 fully saturated rings. The quantitative estimate of drug-likeness (QED) is 0.598. The van der Waals surface area contributed by atoms with Gasteiger partial charge in [-0.3, -0.25) is 4.79 Å². The van der Waals surface area contributed by atoms with Crippen LogP contribution < -0.4 is 10.2 Å². The highest BCUT2D eigenvalue weighted by Crippen LogP contribution is 2.30. The zero-order valence-corrected chi connectivity index (χ0v) is 15.9. The van der Waals surface area contributed by atoms with Crippen LogP contribution >= 0.6 is 23.2 Å². The van der Waals surface area contributed by atoms with Crippen molar-refractivity contribution in [1.82, 2.24) is 5.43 Å². The van der Waals surface area contributed by atoms with E-state index in [1.165, 1.54) is 6.21 Å². The molecule has 0 atom stereocenters. The molecule has 0 radical (unpaired) electrons. The topological polar surface area (TPSA) is 50.7 Å². The lowest BCUT2D eigenvalue weighted by atomic mass is 9.86. The number of nitrogens with zero attached hydrogens (tertiary/aromatic N) is 1. The fourth-order valence-electron chi connectivity index (χ4n) is 2.17. The van der Waals surface area contributed by atoms with Crippen LogP contribution in [0.5, 0.6) is 5.75 Å². The molecule has 0 heterocycles. The number of ether oxygens (including phenoxy) is 1. The summed E-state index contributed by atoms with van der Waals surface area (Å²) in [6.07, 6.45) is 1.46. The Hall–Kier alpha value is -2.04. The zero-order valence-electron chi connectivity index (χ0n) is 14.3. The molecule has 6 heteroatoms. The monoisotopic (exact) mass is 378 g/mol. The van der Waals surface area contributed by atoms with Crippen molar-refractivity contribution in [2.75, 3.05) is 6.61 Å². The number of benzene rings is 2. The number of halogens is 2. The number of para-hydroxylation sites is 1. The molecule has 1 N–H and O–H groups in total. The Balaban J connectivity index is 1.92. The van der Waals surface area contributed by atoms with Gasteiger partial charge in [-0.1, -0.05) is 68.2 Å². The summed E-state index contributed by atoms with van der Waals surface area (Å²) in [6.45, 7) is 6.15. The summed E-state index contributed by atoms with van der Waals surface area (Å²) in [7, 11) is 0. The molecule has 0 unspecified atom stereocenters. The Morgan fingerprint density at radius 3 is 2.60 bits per heavy atom. The molecule has 1 amide bonds. The maximum Gasteiger partial charge on any atom is 0.277 e. The lowest BCUT2D eigenvalue weighted by molar-refractivity contribution is -0.123. The van der Waals surface area contributed by atoms with Gasteiger partial charge >= 0.3 is 0 Å². The van der Waals surface area contributed by atoms with Crippen molar-refractivity contribution in [2.45, 2.75) is 26.2 Å². The summed E-state index contributed by atoms with van der Waals surface area (Å²) in [5, 5.41) is 4.88. The van der Waals surface area contributed by atoms with Gasteiger partial charge in [0.15, 0.2) is 6.61 Å². The summed E-state index contributed by atoms with van der Waals surface area (Å²) < 4.78 is 5.64. The molecule has 25 heavy (non-hydrogen) atoms. The van der Waals surface area contributed by atoms with Gasteiger partial charge in [-0.15, -0.1) is 0 Å². The third kappa shape index (κ3) is 5.76. The van der Waals surface area contributed by atoms with E-state index in [-0.39, 0.29) is 17.9 Å². The van der Waals surface area contributed by atoms with Crippen molar-refractivity contribution in [2.24, 2.45) is 5.10 Å². The molecule has 0 aliphatic rings. The first-order chi connectivity index (χ1) is 11.8. The Morgan fingerprint density at radius 1 is 1.20 bits per heavy atom. The lowest BCUT2D eigenvalue weighted by Gasteiger charge is -2.22. The molecule has 0 aliphatic carbocycles. The van der Waals surface area contributed by atoms with E-state index in [1.54, 1.807) is 18.2 Å². The number of hydrazone groups is 1. The fraction of sp³-hybridized carbons (Fsp3) is 0.263. The molecule has 0 spiro atoms. The molecule has 0 aliphatic heterocycles. The number of amides is 1. The molecule has 132 valence electrons. The first-order valence-corrected chi connectivity index (χ1v) is 8.52. The van der Waals surface area contributed by atoms with Crippen molar-refractivity contribution in [3.8, 4) is 5.75 Å². The molecule has 2 aromatic rings. The van der Waals surface area contributed by atoms with Gasteiger partial charge in [0.2, 0.25) is 0 Å². The summed E-state index contributed by atoms with van der Waals surface area (Å²) in [5.74, 6) is 0.333. The van der Waals surface area contributed by atoms with Gasteiger partial charge in [0.1, 0.15) is 5.75 Å². The summed E-state index contributed by atoms with van der Waals surface area (Å²) in [4.78, 5) is 11.9. The Morgan fingerprint density at radius 2 is 1.92 bits per heavy atom.